The molecule has 2 amide bonds. The molecule has 0 saturated carbocycles. The van der Waals surface area contributed by atoms with Gasteiger partial charge in [-0.25, -0.2) is 0 Å². The number of nitrogens with one attached hydrogen (secondary N) is 1. The zero-order chi connectivity index (χ0) is 18.6. The van der Waals surface area contributed by atoms with E-state index in [0.717, 1.165) is 23.2 Å². The highest BCUT2D eigenvalue weighted by molar-refractivity contribution is 5.94. The maximum absolute atomic E-state index is 12.6. The number of hydrogen-bond acceptors (Lipinski definition) is 4. The quantitative estimate of drug-likeness (QED) is 0.903. The van der Waals surface area contributed by atoms with E-state index < -0.39 is 0 Å². The number of benzene rings is 2. The first-order chi connectivity index (χ1) is 13.2. The fourth-order valence-electron chi connectivity index (χ4n) is 3.42. The molecule has 27 heavy (non-hydrogen) atoms. The lowest BCUT2D eigenvalue weighted by Gasteiger charge is -2.33. The van der Waals surface area contributed by atoms with E-state index in [1.165, 1.54) is 0 Å². The van der Waals surface area contributed by atoms with Crippen LogP contribution >= 0.6 is 0 Å². The van der Waals surface area contributed by atoms with Gasteiger partial charge in [-0.2, -0.15) is 0 Å². The molecule has 2 aliphatic heterocycles. The molecule has 2 aromatic rings. The van der Waals surface area contributed by atoms with Crippen molar-refractivity contribution in [2.24, 2.45) is 0 Å². The van der Waals surface area contributed by atoms with Crippen molar-refractivity contribution in [3.63, 3.8) is 0 Å². The van der Waals surface area contributed by atoms with Crippen LogP contribution in [0.25, 0.3) is 0 Å². The minimum Gasteiger partial charge on any atom is -0.484 e. The minimum absolute atomic E-state index is 0.0102. The molecule has 1 atom stereocenters. The van der Waals surface area contributed by atoms with Crippen LogP contribution in [-0.4, -0.2) is 43.0 Å². The summed E-state index contributed by atoms with van der Waals surface area (Å²) in [6, 6.07) is 15.5. The van der Waals surface area contributed by atoms with Crippen LogP contribution in [0.3, 0.4) is 0 Å². The van der Waals surface area contributed by atoms with Crippen LogP contribution in [0.4, 0.5) is 5.69 Å². The van der Waals surface area contributed by atoms with Gasteiger partial charge in [-0.05, 0) is 23.6 Å². The Kier molecular flexibility index (Phi) is 5.07. The first-order valence-electron chi connectivity index (χ1n) is 9.19. The first kappa shape index (κ1) is 17.5. The minimum atomic E-state index is -0.108. The summed E-state index contributed by atoms with van der Waals surface area (Å²) < 4.78 is 11.5. The van der Waals surface area contributed by atoms with E-state index in [1.807, 2.05) is 42.5 Å². The number of anilines is 1. The average molecular weight is 366 g/mol. The average Bonchev–Trinajstić information content (AvgIpc) is 2.72. The van der Waals surface area contributed by atoms with E-state index in [4.69, 9.17) is 9.47 Å². The molecule has 0 aromatic heterocycles. The van der Waals surface area contributed by atoms with Crippen LogP contribution in [0.2, 0.25) is 0 Å². The number of amides is 2. The second-order valence-electron chi connectivity index (χ2n) is 6.77. The third-order valence-electron chi connectivity index (χ3n) is 4.93. The van der Waals surface area contributed by atoms with Crippen molar-refractivity contribution in [3.8, 4) is 5.75 Å². The molecule has 1 unspecified atom stereocenters. The van der Waals surface area contributed by atoms with E-state index in [2.05, 4.69) is 5.32 Å². The van der Waals surface area contributed by atoms with Crippen LogP contribution in [0, 0.1) is 0 Å². The summed E-state index contributed by atoms with van der Waals surface area (Å²) in [5.41, 5.74) is 2.93. The number of ether oxygens (including phenoxy) is 2. The van der Waals surface area contributed by atoms with Gasteiger partial charge in [-0.15, -0.1) is 0 Å². The Morgan fingerprint density at radius 1 is 1.19 bits per heavy atom. The summed E-state index contributed by atoms with van der Waals surface area (Å²) in [5, 5.41) is 2.84. The van der Waals surface area contributed by atoms with Crippen LogP contribution < -0.4 is 10.1 Å². The summed E-state index contributed by atoms with van der Waals surface area (Å²) >= 11 is 0. The molecule has 0 bridgehead atoms. The number of fused-ring (bicyclic) bond motifs is 1. The van der Waals surface area contributed by atoms with Crippen LogP contribution in [0.1, 0.15) is 23.7 Å². The van der Waals surface area contributed by atoms with Gasteiger partial charge in [-0.3, -0.25) is 9.59 Å². The molecule has 0 radical (unpaired) electrons. The highest BCUT2D eigenvalue weighted by atomic mass is 16.5. The molecule has 2 heterocycles. The zero-order valence-corrected chi connectivity index (χ0v) is 15.0. The molecule has 4 rings (SSSR count). The van der Waals surface area contributed by atoms with Crippen LogP contribution in [0.5, 0.6) is 5.75 Å². The molecular formula is C21H22N2O4. The van der Waals surface area contributed by atoms with Crippen molar-refractivity contribution in [3.05, 3.63) is 59.7 Å². The number of rotatable bonds is 4. The Labute approximate surface area is 158 Å². The third kappa shape index (κ3) is 4.11. The molecule has 0 spiro atoms. The van der Waals surface area contributed by atoms with E-state index >= 15 is 0 Å². The predicted molar refractivity (Wildman–Crippen MR) is 101 cm³/mol. The van der Waals surface area contributed by atoms with E-state index in [9.17, 15) is 9.59 Å². The lowest BCUT2D eigenvalue weighted by Crippen LogP contribution is -2.44. The summed E-state index contributed by atoms with van der Waals surface area (Å²) in [4.78, 5) is 25.9. The monoisotopic (exact) mass is 366 g/mol. The maximum atomic E-state index is 12.6. The third-order valence-corrected chi connectivity index (χ3v) is 4.93. The van der Waals surface area contributed by atoms with Gasteiger partial charge >= 0.3 is 0 Å². The van der Waals surface area contributed by atoms with E-state index in [-0.39, 0.29) is 24.5 Å². The highest BCUT2D eigenvalue weighted by Crippen LogP contribution is 2.27. The molecule has 0 aliphatic carbocycles. The lowest BCUT2D eigenvalue weighted by molar-refractivity contribution is -0.141. The molecule has 2 aliphatic rings. The second-order valence-corrected chi connectivity index (χ2v) is 6.77. The maximum Gasteiger partial charge on any atom is 0.260 e. The van der Waals surface area contributed by atoms with Gasteiger partial charge in [0.2, 0.25) is 5.91 Å². The second kappa shape index (κ2) is 7.80. The Balaban J connectivity index is 1.35. The Bertz CT molecular complexity index is 837. The first-order valence-corrected chi connectivity index (χ1v) is 9.19. The van der Waals surface area contributed by atoms with Crippen molar-refractivity contribution in [2.75, 3.05) is 31.6 Å². The van der Waals surface area contributed by atoms with Gasteiger partial charge in [0.1, 0.15) is 11.9 Å². The summed E-state index contributed by atoms with van der Waals surface area (Å²) in [7, 11) is 0. The number of hydrogen-bond donors (Lipinski definition) is 1. The van der Waals surface area contributed by atoms with Gasteiger partial charge < -0.3 is 19.7 Å². The summed E-state index contributed by atoms with van der Waals surface area (Å²) in [6.07, 6.45) is 1.13. The van der Waals surface area contributed by atoms with Crippen LogP contribution in [0.15, 0.2) is 48.5 Å². The molecule has 2 aromatic carbocycles. The fraction of sp³-hybridized carbons (Fsp3) is 0.333. The molecular weight excluding hydrogens is 344 g/mol. The molecule has 1 N–H and O–H groups in total. The van der Waals surface area contributed by atoms with Crippen molar-refractivity contribution in [1.29, 1.82) is 0 Å². The number of aryl methyl sites for hydroxylation is 1. The number of carbonyl (C=O) groups is 2. The SMILES string of the molecule is O=C1CCc2ccc(OCC(=O)N3CCOC(c4ccccc4)C3)cc2N1. The van der Waals surface area contributed by atoms with Gasteiger partial charge in [-0.1, -0.05) is 36.4 Å². The van der Waals surface area contributed by atoms with Crippen molar-refractivity contribution < 1.29 is 19.1 Å². The van der Waals surface area contributed by atoms with E-state index in [1.54, 1.807) is 11.0 Å². The van der Waals surface area contributed by atoms with Gasteiger partial charge in [0.15, 0.2) is 6.61 Å². The highest BCUT2D eigenvalue weighted by Gasteiger charge is 2.25. The zero-order valence-electron chi connectivity index (χ0n) is 15.0. The lowest BCUT2D eigenvalue weighted by atomic mass is 10.0. The van der Waals surface area contributed by atoms with Gasteiger partial charge in [0.25, 0.3) is 5.91 Å². The fourth-order valence-corrected chi connectivity index (χ4v) is 3.42. The van der Waals surface area contributed by atoms with Crippen LogP contribution in [-0.2, 0) is 20.7 Å². The smallest absolute Gasteiger partial charge is 0.260 e. The standard InChI is InChI=1S/C21H22N2O4/c24-20-9-7-15-6-8-17(12-18(15)22-20)27-14-21(25)23-10-11-26-19(13-23)16-4-2-1-3-5-16/h1-6,8,12,19H,7,9-11,13-14H2,(H,22,24). The molecule has 1 fully saturated rings. The summed E-state index contributed by atoms with van der Waals surface area (Å²) in [5.74, 6) is 0.522. The van der Waals surface area contributed by atoms with Crippen molar-refractivity contribution in [1.82, 2.24) is 4.90 Å². The van der Waals surface area contributed by atoms with E-state index in [0.29, 0.717) is 31.9 Å². The Morgan fingerprint density at radius 3 is 2.89 bits per heavy atom. The van der Waals surface area contributed by atoms with Crippen molar-refractivity contribution in [2.45, 2.75) is 18.9 Å². The number of carbonyl (C=O) groups excluding carboxylic acids is 2. The largest absolute Gasteiger partial charge is 0.484 e. The number of nitrogens with zero attached hydrogens (tertiary/aromatic N) is 1. The molecule has 6 heteroatoms. The normalized spacial score (nSPS) is 19.2. The Hall–Kier alpha value is -2.86. The Morgan fingerprint density at radius 2 is 2.04 bits per heavy atom. The van der Waals surface area contributed by atoms with Gasteiger partial charge in [0.05, 0.1) is 13.2 Å². The number of morpholine rings is 1. The summed E-state index contributed by atoms with van der Waals surface area (Å²) in [6.45, 7) is 1.56. The molecule has 140 valence electrons. The topological polar surface area (TPSA) is 67.9 Å². The van der Waals surface area contributed by atoms with Gasteiger partial charge in [0, 0.05) is 24.7 Å². The van der Waals surface area contributed by atoms with Crippen molar-refractivity contribution >= 4 is 17.5 Å². The molecule has 6 nitrogen and oxygen atoms in total. The predicted octanol–water partition coefficient (Wildman–Crippen LogP) is 2.55. The molecule has 1 saturated heterocycles.